The third-order valence-electron chi connectivity index (χ3n) is 2.26. The summed E-state index contributed by atoms with van der Waals surface area (Å²) in [6, 6.07) is 8.39. The SMILES string of the molecule is CCCOCCNc1ccc(CCCl)cc1. The number of benzene rings is 1. The molecule has 0 amide bonds. The van der Waals surface area contributed by atoms with Crippen molar-refractivity contribution in [1.82, 2.24) is 0 Å². The molecular formula is C13H20ClNO. The molecule has 1 aromatic carbocycles. The second-order valence-corrected chi connectivity index (χ2v) is 4.05. The Balaban J connectivity index is 2.21. The molecule has 0 aliphatic rings. The van der Waals surface area contributed by atoms with Gasteiger partial charge in [0, 0.05) is 24.7 Å². The number of ether oxygens (including phenoxy) is 1. The van der Waals surface area contributed by atoms with Gasteiger partial charge >= 0.3 is 0 Å². The highest BCUT2D eigenvalue weighted by Gasteiger charge is 1.94. The number of aryl methyl sites for hydroxylation is 1. The van der Waals surface area contributed by atoms with Gasteiger partial charge in [0.2, 0.25) is 0 Å². The lowest BCUT2D eigenvalue weighted by atomic mass is 10.1. The maximum absolute atomic E-state index is 5.68. The van der Waals surface area contributed by atoms with E-state index in [0.29, 0.717) is 5.88 Å². The van der Waals surface area contributed by atoms with Gasteiger partial charge in [-0.3, -0.25) is 0 Å². The highest BCUT2D eigenvalue weighted by Crippen LogP contribution is 2.10. The summed E-state index contributed by atoms with van der Waals surface area (Å²) in [6.45, 7) is 4.57. The van der Waals surface area contributed by atoms with Crippen molar-refractivity contribution in [3.8, 4) is 0 Å². The summed E-state index contributed by atoms with van der Waals surface area (Å²) in [4.78, 5) is 0. The van der Waals surface area contributed by atoms with E-state index in [1.54, 1.807) is 0 Å². The molecule has 0 unspecified atom stereocenters. The Kier molecular flexibility index (Phi) is 7.02. The second kappa shape index (κ2) is 8.43. The van der Waals surface area contributed by atoms with E-state index >= 15 is 0 Å². The number of hydrogen-bond donors (Lipinski definition) is 1. The normalized spacial score (nSPS) is 10.4. The quantitative estimate of drug-likeness (QED) is 0.557. The summed E-state index contributed by atoms with van der Waals surface area (Å²) < 4.78 is 5.39. The second-order valence-electron chi connectivity index (χ2n) is 3.68. The zero-order chi connectivity index (χ0) is 11.6. The van der Waals surface area contributed by atoms with Gasteiger partial charge in [-0.15, -0.1) is 11.6 Å². The Labute approximate surface area is 103 Å². The molecule has 0 aliphatic carbocycles. The van der Waals surface area contributed by atoms with Crippen LogP contribution in [-0.4, -0.2) is 25.6 Å². The molecule has 16 heavy (non-hydrogen) atoms. The number of halogens is 1. The van der Waals surface area contributed by atoms with E-state index < -0.39 is 0 Å². The maximum Gasteiger partial charge on any atom is 0.0639 e. The Morgan fingerprint density at radius 3 is 2.56 bits per heavy atom. The van der Waals surface area contributed by atoms with Gasteiger partial charge in [0.1, 0.15) is 0 Å². The van der Waals surface area contributed by atoms with Crippen molar-refractivity contribution in [2.45, 2.75) is 19.8 Å². The van der Waals surface area contributed by atoms with Gasteiger partial charge < -0.3 is 10.1 Å². The molecule has 0 aliphatic heterocycles. The van der Waals surface area contributed by atoms with Crippen molar-refractivity contribution < 1.29 is 4.74 Å². The summed E-state index contributed by atoms with van der Waals surface area (Å²) >= 11 is 5.68. The van der Waals surface area contributed by atoms with Crippen LogP contribution in [0.1, 0.15) is 18.9 Å². The summed E-state index contributed by atoms with van der Waals surface area (Å²) in [5.74, 6) is 0.678. The van der Waals surface area contributed by atoms with E-state index in [9.17, 15) is 0 Å². The van der Waals surface area contributed by atoms with Gasteiger partial charge in [0.25, 0.3) is 0 Å². The van der Waals surface area contributed by atoms with Gasteiger partial charge in [-0.05, 0) is 30.5 Å². The minimum absolute atomic E-state index is 0.678. The van der Waals surface area contributed by atoms with Gasteiger partial charge in [0.05, 0.1) is 6.61 Å². The van der Waals surface area contributed by atoms with Crippen molar-refractivity contribution in [3.05, 3.63) is 29.8 Å². The lowest BCUT2D eigenvalue weighted by Gasteiger charge is -2.07. The first-order valence-electron chi connectivity index (χ1n) is 5.83. The van der Waals surface area contributed by atoms with E-state index in [4.69, 9.17) is 16.3 Å². The molecule has 0 saturated carbocycles. The molecule has 0 saturated heterocycles. The number of hydrogen-bond acceptors (Lipinski definition) is 2. The van der Waals surface area contributed by atoms with Crippen LogP contribution in [0.2, 0.25) is 0 Å². The average molecular weight is 242 g/mol. The lowest BCUT2D eigenvalue weighted by molar-refractivity contribution is 0.144. The Morgan fingerprint density at radius 1 is 1.19 bits per heavy atom. The van der Waals surface area contributed by atoms with Crippen molar-refractivity contribution in [2.75, 3.05) is 31.0 Å². The van der Waals surface area contributed by atoms with Crippen LogP contribution in [0.15, 0.2) is 24.3 Å². The van der Waals surface area contributed by atoms with Crippen LogP contribution < -0.4 is 5.32 Å². The van der Waals surface area contributed by atoms with Crippen LogP contribution in [0.25, 0.3) is 0 Å². The molecule has 0 atom stereocenters. The molecule has 0 spiro atoms. The number of nitrogens with one attached hydrogen (secondary N) is 1. The Hall–Kier alpha value is -0.730. The molecule has 0 fully saturated rings. The van der Waals surface area contributed by atoms with E-state index in [0.717, 1.165) is 38.3 Å². The first kappa shape index (κ1) is 13.3. The van der Waals surface area contributed by atoms with E-state index in [2.05, 4.69) is 36.5 Å². The fraction of sp³-hybridized carbons (Fsp3) is 0.538. The maximum atomic E-state index is 5.68. The zero-order valence-corrected chi connectivity index (χ0v) is 10.6. The third-order valence-corrected chi connectivity index (χ3v) is 2.45. The fourth-order valence-electron chi connectivity index (χ4n) is 1.41. The summed E-state index contributed by atoms with van der Waals surface area (Å²) in [7, 11) is 0. The van der Waals surface area contributed by atoms with E-state index in [1.807, 2.05) is 0 Å². The first-order chi connectivity index (χ1) is 7.86. The monoisotopic (exact) mass is 241 g/mol. The molecule has 90 valence electrons. The predicted octanol–water partition coefficient (Wildman–Crippen LogP) is 3.31. The van der Waals surface area contributed by atoms with Crippen LogP contribution in [0, 0.1) is 0 Å². The minimum Gasteiger partial charge on any atom is -0.383 e. The van der Waals surface area contributed by atoms with Crippen LogP contribution >= 0.6 is 11.6 Å². The largest absolute Gasteiger partial charge is 0.383 e. The highest BCUT2D eigenvalue weighted by atomic mass is 35.5. The fourth-order valence-corrected chi connectivity index (χ4v) is 1.63. The van der Waals surface area contributed by atoms with Crippen molar-refractivity contribution >= 4 is 17.3 Å². The summed E-state index contributed by atoms with van der Waals surface area (Å²) in [6.07, 6.45) is 2.01. The highest BCUT2D eigenvalue weighted by molar-refractivity contribution is 6.17. The molecule has 1 N–H and O–H groups in total. The average Bonchev–Trinajstić information content (AvgIpc) is 2.31. The minimum atomic E-state index is 0.678. The third kappa shape index (κ3) is 5.38. The summed E-state index contributed by atoms with van der Waals surface area (Å²) in [5.41, 5.74) is 2.42. The van der Waals surface area contributed by atoms with Gasteiger partial charge in [-0.2, -0.15) is 0 Å². The van der Waals surface area contributed by atoms with Crippen LogP contribution in [-0.2, 0) is 11.2 Å². The smallest absolute Gasteiger partial charge is 0.0639 e. The van der Waals surface area contributed by atoms with E-state index in [1.165, 1.54) is 5.56 Å². The molecule has 1 aromatic rings. The number of rotatable bonds is 8. The standard InChI is InChI=1S/C13H20ClNO/c1-2-10-16-11-9-15-13-5-3-12(4-6-13)7-8-14/h3-6,15H,2,7-11H2,1H3. The van der Waals surface area contributed by atoms with Crippen molar-refractivity contribution in [1.29, 1.82) is 0 Å². The van der Waals surface area contributed by atoms with Crippen molar-refractivity contribution in [3.63, 3.8) is 0 Å². The van der Waals surface area contributed by atoms with Gasteiger partial charge in [0.15, 0.2) is 0 Å². The molecular weight excluding hydrogens is 222 g/mol. The van der Waals surface area contributed by atoms with Crippen molar-refractivity contribution in [2.24, 2.45) is 0 Å². The molecule has 0 radical (unpaired) electrons. The zero-order valence-electron chi connectivity index (χ0n) is 9.84. The molecule has 1 rings (SSSR count). The molecule has 0 heterocycles. The van der Waals surface area contributed by atoms with E-state index in [-0.39, 0.29) is 0 Å². The molecule has 0 aromatic heterocycles. The van der Waals surface area contributed by atoms with Crippen LogP contribution in [0.5, 0.6) is 0 Å². The van der Waals surface area contributed by atoms with Crippen LogP contribution in [0.4, 0.5) is 5.69 Å². The van der Waals surface area contributed by atoms with Gasteiger partial charge in [-0.1, -0.05) is 19.1 Å². The number of alkyl halides is 1. The lowest BCUT2D eigenvalue weighted by Crippen LogP contribution is -2.09. The topological polar surface area (TPSA) is 21.3 Å². The van der Waals surface area contributed by atoms with Crippen LogP contribution in [0.3, 0.4) is 0 Å². The summed E-state index contributed by atoms with van der Waals surface area (Å²) in [5, 5.41) is 3.31. The molecule has 3 heteroatoms. The van der Waals surface area contributed by atoms with Gasteiger partial charge in [-0.25, -0.2) is 0 Å². The predicted molar refractivity (Wildman–Crippen MR) is 70.5 cm³/mol. The molecule has 2 nitrogen and oxygen atoms in total. The molecule has 0 bridgehead atoms. The number of anilines is 1. The Morgan fingerprint density at radius 2 is 1.94 bits per heavy atom. The Bertz CT molecular complexity index is 274. The first-order valence-corrected chi connectivity index (χ1v) is 6.36.